The SMILES string of the molecule is Cc1cc(C2CN(Cc3ccccc3OCC(=O)O)CCO2)nc(C)n1. The highest BCUT2D eigenvalue weighted by Crippen LogP contribution is 2.25. The molecule has 1 aromatic carbocycles. The number of morpholine rings is 1. The Kier molecular flexibility index (Phi) is 5.80. The first kappa shape index (κ1) is 18.3. The summed E-state index contributed by atoms with van der Waals surface area (Å²) in [6.07, 6.45) is -0.101. The number of benzene rings is 1. The molecule has 2 heterocycles. The maximum Gasteiger partial charge on any atom is 0.341 e. The molecule has 1 aliphatic heterocycles. The molecule has 0 amide bonds. The van der Waals surface area contributed by atoms with Gasteiger partial charge in [0.25, 0.3) is 0 Å². The van der Waals surface area contributed by atoms with Crippen LogP contribution in [0, 0.1) is 13.8 Å². The van der Waals surface area contributed by atoms with E-state index in [1.807, 2.05) is 38.1 Å². The number of hydrogen-bond donors (Lipinski definition) is 1. The van der Waals surface area contributed by atoms with E-state index < -0.39 is 5.97 Å². The lowest BCUT2D eigenvalue weighted by Crippen LogP contribution is -2.38. The molecule has 1 aromatic heterocycles. The van der Waals surface area contributed by atoms with E-state index in [9.17, 15) is 4.79 Å². The molecule has 1 unspecified atom stereocenters. The summed E-state index contributed by atoms with van der Waals surface area (Å²) in [4.78, 5) is 21.9. The molecular weight excluding hydrogens is 334 g/mol. The largest absolute Gasteiger partial charge is 0.482 e. The van der Waals surface area contributed by atoms with Crippen LogP contribution in [-0.2, 0) is 16.1 Å². The molecule has 1 N–H and O–H groups in total. The van der Waals surface area contributed by atoms with Gasteiger partial charge in [-0.05, 0) is 26.0 Å². The van der Waals surface area contributed by atoms with Gasteiger partial charge in [0.05, 0.1) is 12.3 Å². The minimum atomic E-state index is -0.985. The molecule has 0 bridgehead atoms. The van der Waals surface area contributed by atoms with Gasteiger partial charge < -0.3 is 14.6 Å². The van der Waals surface area contributed by atoms with Crippen LogP contribution in [0.25, 0.3) is 0 Å². The predicted octanol–water partition coefficient (Wildman–Crippen LogP) is 2.13. The third-order valence-corrected chi connectivity index (χ3v) is 4.18. The zero-order chi connectivity index (χ0) is 18.5. The van der Waals surface area contributed by atoms with E-state index in [1.165, 1.54) is 0 Å². The topological polar surface area (TPSA) is 84.8 Å². The monoisotopic (exact) mass is 357 g/mol. The summed E-state index contributed by atoms with van der Waals surface area (Å²) >= 11 is 0. The smallest absolute Gasteiger partial charge is 0.341 e. The maximum absolute atomic E-state index is 10.8. The Morgan fingerprint density at radius 1 is 1.35 bits per heavy atom. The van der Waals surface area contributed by atoms with Gasteiger partial charge in [0.15, 0.2) is 6.61 Å². The van der Waals surface area contributed by atoms with Crippen LogP contribution >= 0.6 is 0 Å². The van der Waals surface area contributed by atoms with Crippen molar-refractivity contribution in [3.8, 4) is 5.75 Å². The van der Waals surface area contributed by atoms with E-state index >= 15 is 0 Å². The number of hydrogen-bond acceptors (Lipinski definition) is 6. The quantitative estimate of drug-likeness (QED) is 0.848. The van der Waals surface area contributed by atoms with Crippen LogP contribution in [0.5, 0.6) is 5.75 Å². The summed E-state index contributed by atoms with van der Waals surface area (Å²) < 4.78 is 11.3. The second kappa shape index (κ2) is 8.25. The fourth-order valence-electron chi connectivity index (χ4n) is 3.09. The molecule has 1 aliphatic rings. The average molecular weight is 357 g/mol. The number of carboxylic acids is 1. The van der Waals surface area contributed by atoms with Crippen LogP contribution in [0.15, 0.2) is 30.3 Å². The highest BCUT2D eigenvalue weighted by Gasteiger charge is 2.24. The second-order valence-electron chi connectivity index (χ2n) is 6.37. The van der Waals surface area contributed by atoms with Crippen molar-refractivity contribution in [3.63, 3.8) is 0 Å². The Bertz CT molecular complexity index is 761. The summed E-state index contributed by atoms with van der Waals surface area (Å²) in [5, 5.41) is 8.83. The summed E-state index contributed by atoms with van der Waals surface area (Å²) in [7, 11) is 0. The summed E-state index contributed by atoms with van der Waals surface area (Å²) in [6.45, 7) is 6.28. The van der Waals surface area contributed by atoms with Crippen molar-refractivity contribution in [2.24, 2.45) is 0 Å². The number of carbonyl (C=O) groups is 1. The Morgan fingerprint density at radius 2 is 2.15 bits per heavy atom. The van der Waals surface area contributed by atoms with Crippen molar-refractivity contribution in [3.05, 3.63) is 53.1 Å². The van der Waals surface area contributed by atoms with Crippen molar-refractivity contribution in [1.29, 1.82) is 0 Å². The Labute approximate surface area is 152 Å². The molecule has 138 valence electrons. The van der Waals surface area contributed by atoms with Gasteiger partial charge in [0, 0.05) is 30.9 Å². The second-order valence-corrected chi connectivity index (χ2v) is 6.37. The Morgan fingerprint density at radius 3 is 2.92 bits per heavy atom. The lowest BCUT2D eigenvalue weighted by atomic mass is 10.1. The summed E-state index contributed by atoms with van der Waals surface area (Å²) in [5.74, 6) is 0.362. The molecule has 2 aromatic rings. The molecule has 1 saturated heterocycles. The molecule has 7 heteroatoms. The van der Waals surface area contributed by atoms with Gasteiger partial charge in [-0.3, -0.25) is 4.90 Å². The van der Waals surface area contributed by atoms with Crippen LogP contribution in [-0.4, -0.2) is 52.2 Å². The minimum Gasteiger partial charge on any atom is -0.482 e. The first-order valence-corrected chi connectivity index (χ1v) is 8.60. The first-order chi connectivity index (χ1) is 12.5. The zero-order valence-electron chi connectivity index (χ0n) is 15.0. The number of rotatable bonds is 6. The van der Waals surface area contributed by atoms with Gasteiger partial charge in [-0.15, -0.1) is 0 Å². The lowest BCUT2D eigenvalue weighted by molar-refractivity contribution is -0.139. The van der Waals surface area contributed by atoms with E-state index in [0.29, 0.717) is 25.4 Å². The zero-order valence-corrected chi connectivity index (χ0v) is 15.0. The standard InChI is InChI=1S/C19H23N3O4/c1-13-9-16(21-14(2)20-13)18-11-22(7-8-25-18)10-15-5-3-4-6-17(15)26-12-19(23)24/h3-6,9,18H,7-8,10-12H2,1-2H3,(H,23,24). The molecular formula is C19H23N3O4. The number of aliphatic carboxylic acids is 1. The van der Waals surface area contributed by atoms with Gasteiger partial charge in [-0.25, -0.2) is 14.8 Å². The molecule has 1 fully saturated rings. The van der Waals surface area contributed by atoms with Crippen LogP contribution < -0.4 is 4.74 Å². The highest BCUT2D eigenvalue weighted by atomic mass is 16.5. The molecule has 7 nitrogen and oxygen atoms in total. The van der Waals surface area contributed by atoms with Crippen LogP contribution in [0.1, 0.15) is 28.9 Å². The third kappa shape index (κ3) is 4.77. The third-order valence-electron chi connectivity index (χ3n) is 4.18. The number of nitrogens with zero attached hydrogens (tertiary/aromatic N) is 3. The fourth-order valence-corrected chi connectivity index (χ4v) is 3.09. The van der Waals surface area contributed by atoms with E-state index in [0.717, 1.165) is 29.3 Å². The van der Waals surface area contributed by atoms with Crippen molar-refractivity contribution >= 4 is 5.97 Å². The molecule has 0 radical (unpaired) electrons. The lowest BCUT2D eigenvalue weighted by Gasteiger charge is -2.33. The van der Waals surface area contributed by atoms with Crippen molar-refractivity contribution in [2.45, 2.75) is 26.5 Å². The molecule has 26 heavy (non-hydrogen) atoms. The summed E-state index contributed by atoms with van der Waals surface area (Å²) in [6, 6.07) is 9.49. The first-order valence-electron chi connectivity index (χ1n) is 8.60. The van der Waals surface area contributed by atoms with Crippen molar-refractivity contribution in [1.82, 2.24) is 14.9 Å². The van der Waals surface area contributed by atoms with Crippen LogP contribution in [0.3, 0.4) is 0 Å². The normalized spacial score (nSPS) is 17.8. The maximum atomic E-state index is 10.8. The van der Waals surface area contributed by atoms with Gasteiger partial charge >= 0.3 is 5.97 Å². The van der Waals surface area contributed by atoms with Gasteiger partial charge in [0.1, 0.15) is 17.7 Å². The van der Waals surface area contributed by atoms with Gasteiger partial charge in [0.2, 0.25) is 0 Å². The van der Waals surface area contributed by atoms with E-state index in [4.69, 9.17) is 14.6 Å². The molecule has 3 rings (SSSR count). The summed E-state index contributed by atoms with van der Waals surface area (Å²) in [5.41, 5.74) is 2.79. The van der Waals surface area contributed by atoms with Crippen molar-refractivity contribution in [2.75, 3.05) is 26.3 Å². The molecule has 1 atom stereocenters. The predicted molar refractivity (Wildman–Crippen MR) is 95.0 cm³/mol. The van der Waals surface area contributed by atoms with E-state index in [2.05, 4.69) is 14.9 Å². The Balaban J connectivity index is 1.70. The fraction of sp³-hybridized carbons (Fsp3) is 0.421. The number of para-hydroxylation sites is 1. The molecule has 0 aliphatic carbocycles. The number of aromatic nitrogens is 2. The van der Waals surface area contributed by atoms with E-state index in [1.54, 1.807) is 6.07 Å². The number of aryl methyl sites for hydroxylation is 2. The van der Waals surface area contributed by atoms with Gasteiger partial charge in [-0.2, -0.15) is 0 Å². The average Bonchev–Trinajstić information content (AvgIpc) is 2.60. The van der Waals surface area contributed by atoms with Gasteiger partial charge in [-0.1, -0.05) is 18.2 Å². The number of carboxylic acid groups (broad SMARTS) is 1. The minimum absolute atomic E-state index is 0.101. The highest BCUT2D eigenvalue weighted by molar-refractivity contribution is 5.68. The van der Waals surface area contributed by atoms with Crippen LogP contribution in [0.2, 0.25) is 0 Å². The molecule has 0 saturated carbocycles. The number of ether oxygens (including phenoxy) is 2. The Hall–Kier alpha value is -2.51. The molecule has 0 spiro atoms. The van der Waals surface area contributed by atoms with Crippen molar-refractivity contribution < 1.29 is 19.4 Å². The van der Waals surface area contributed by atoms with Crippen LogP contribution in [0.4, 0.5) is 0 Å². The van der Waals surface area contributed by atoms with E-state index in [-0.39, 0.29) is 12.7 Å².